The second-order valence-electron chi connectivity index (χ2n) is 13.0. The number of carbonyl (C=O) groups excluding carboxylic acids is 5. The summed E-state index contributed by atoms with van der Waals surface area (Å²) in [5.41, 5.74) is 2.40. The molecule has 1 aromatic heterocycles. The van der Waals surface area contributed by atoms with Crippen LogP contribution in [0.1, 0.15) is 62.2 Å². The number of rotatable bonds is 16. The predicted octanol–water partition coefficient (Wildman–Crippen LogP) is 4.52. The molecule has 0 fully saturated rings. The molecule has 256 valence electrons. The lowest BCUT2D eigenvalue weighted by Crippen LogP contribution is -2.57. The minimum atomic E-state index is -1.18. The van der Waals surface area contributed by atoms with Gasteiger partial charge in [-0.1, -0.05) is 113 Å². The third-order valence-electron chi connectivity index (χ3n) is 7.94. The van der Waals surface area contributed by atoms with E-state index in [1.165, 1.54) is 0 Å². The number of pyridine rings is 1. The second kappa shape index (κ2) is 17.7. The molecule has 10 heteroatoms. The molecule has 4 amide bonds. The lowest BCUT2D eigenvalue weighted by molar-refractivity contribution is -0.140. The minimum absolute atomic E-state index is 0.00608. The Bertz CT molecular complexity index is 1740. The lowest BCUT2D eigenvalue weighted by Gasteiger charge is -2.26. The van der Waals surface area contributed by atoms with E-state index >= 15 is 0 Å². The number of hydrogen-bond donors (Lipinski definition) is 4. The molecule has 0 aliphatic heterocycles. The average Bonchev–Trinajstić information content (AvgIpc) is 3.09. The van der Waals surface area contributed by atoms with Crippen LogP contribution in [-0.2, 0) is 32.1 Å². The maximum Gasteiger partial charge on any atom is 0.289 e. The van der Waals surface area contributed by atoms with Crippen molar-refractivity contribution in [2.75, 3.05) is 0 Å². The Morgan fingerprint density at radius 2 is 1.12 bits per heavy atom. The van der Waals surface area contributed by atoms with Crippen LogP contribution in [0.2, 0.25) is 0 Å². The number of para-hydroxylation sites is 1. The Labute approximate surface area is 287 Å². The van der Waals surface area contributed by atoms with Gasteiger partial charge in [0.05, 0.1) is 5.52 Å². The van der Waals surface area contributed by atoms with Crippen molar-refractivity contribution in [2.24, 2.45) is 11.8 Å². The molecule has 0 spiro atoms. The molecule has 10 nitrogen and oxygen atoms in total. The second-order valence-corrected chi connectivity index (χ2v) is 13.0. The summed E-state index contributed by atoms with van der Waals surface area (Å²) >= 11 is 0. The van der Waals surface area contributed by atoms with Crippen LogP contribution < -0.4 is 21.3 Å². The van der Waals surface area contributed by atoms with Gasteiger partial charge in [-0.2, -0.15) is 0 Å². The Balaban J connectivity index is 1.50. The van der Waals surface area contributed by atoms with Crippen molar-refractivity contribution < 1.29 is 24.0 Å². The molecule has 49 heavy (non-hydrogen) atoms. The number of ketones is 1. The number of hydrogen-bond acceptors (Lipinski definition) is 6. The van der Waals surface area contributed by atoms with Gasteiger partial charge in [0.15, 0.2) is 0 Å². The molecule has 4 rings (SSSR count). The highest BCUT2D eigenvalue weighted by Crippen LogP contribution is 2.14. The van der Waals surface area contributed by atoms with E-state index in [0.717, 1.165) is 16.5 Å². The molecular weight excluding hydrogens is 618 g/mol. The molecule has 1 heterocycles. The zero-order valence-corrected chi connectivity index (χ0v) is 28.4. The van der Waals surface area contributed by atoms with Gasteiger partial charge in [0.2, 0.25) is 17.6 Å². The first-order valence-electron chi connectivity index (χ1n) is 16.7. The zero-order chi connectivity index (χ0) is 35.3. The van der Waals surface area contributed by atoms with Crippen molar-refractivity contribution in [2.45, 2.75) is 71.6 Å². The van der Waals surface area contributed by atoms with E-state index in [0.29, 0.717) is 11.9 Å². The molecule has 0 saturated heterocycles. The van der Waals surface area contributed by atoms with Gasteiger partial charge in [0, 0.05) is 18.4 Å². The van der Waals surface area contributed by atoms with Gasteiger partial charge < -0.3 is 21.3 Å². The fourth-order valence-corrected chi connectivity index (χ4v) is 5.46. The molecule has 3 atom stereocenters. The highest BCUT2D eigenvalue weighted by Gasteiger charge is 2.32. The number of fused-ring (bicyclic) bond motifs is 1. The SMILES string of the molecule is CC(C)C[C@H](NC(=O)c1ccc2ccccc2n1)C(=O)N[C@@H](CC(C)C)C(=O)N[C@@H](Cc1ccccc1)C(=O)C(=O)NCc1ccccc1. The number of benzene rings is 3. The summed E-state index contributed by atoms with van der Waals surface area (Å²) < 4.78 is 0. The molecule has 4 N–H and O–H groups in total. The first kappa shape index (κ1) is 36.5. The largest absolute Gasteiger partial charge is 0.345 e. The molecule has 0 radical (unpaired) electrons. The van der Waals surface area contributed by atoms with Crippen LogP contribution in [0.25, 0.3) is 10.9 Å². The van der Waals surface area contributed by atoms with E-state index in [2.05, 4.69) is 26.3 Å². The van der Waals surface area contributed by atoms with Crippen molar-refractivity contribution in [3.05, 3.63) is 114 Å². The van der Waals surface area contributed by atoms with E-state index in [-0.39, 0.29) is 36.9 Å². The van der Waals surface area contributed by atoms with E-state index in [1.807, 2.05) is 113 Å². The molecule has 3 aromatic carbocycles. The molecule has 0 unspecified atom stereocenters. The monoisotopic (exact) mass is 663 g/mol. The van der Waals surface area contributed by atoms with Crippen molar-refractivity contribution in [1.82, 2.24) is 26.3 Å². The van der Waals surface area contributed by atoms with Crippen LogP contribution in [0.4, 0.5) is 0 Å². The van der Waals surface area contributed by atoms with E-state index in [1.54, 1.807) is 12.1 Å². The number of amides is 4. The van der Waals surface area contributed by atoms with Crippen molar-refractivity contribution in [1.29, 1.82) is 0 Å². The fourth-order valence-electron chi connectivity index (χ4n) is 5.46. The lowest BCUT2D eigenvalue weighted by atomic mass is 9.98. The summed E-state index contributed by atoms with van der Waals surface area (Å²) in [6.07, 6.45) is 0.660. The van der Waals surface area contributed by atoms with Gasteiger partial charge in [0.25, 0.3) is 11.8 Å². The minimum Gasteiger partial charge on any atom is -0.345 e. The average molecular weight is 664 g/mol. The van der Waals surface area contributed by atoms with Gasteiger partial charge in [-0.3, -0.25) is 24.0 Å². The van der Waals surface area contributed by atoms with Gasteiger partial charge in [-0.15, -0.1) is 0 Å². The van der Waals surface area contributed by atoms with Gasteiger partial charge in [-0.25, -0.2) is 4.98 Å². The van der Waals surface area contributed by atoms with Crippen molar-refractivity contribution >= 4 is 40.3 Å². The van der Waals surface area contributed by atoms with E-state index in [4.69, 9.17) is 0 Å². The van der Waals surface area contributed by atoms with Crippen LogP contribution in [-0.4, -0.2) is 52.5 Å². The highest BCUT2D eigenvalue weighted by atomic mass is 16.2. The smallest absolute Gasteiger partial charge is 0.289 e. The molecule has 0 saturated carbocycles. The Morgan fingerprint density at radius 3 is 1.73 bits per heavy atom. The van der Waals surface area contributed by atoms with Crippen LogP contribution in [0.5, 0.6) is 0 Å². The number of carbonyl (C=O) groups is 5. The Hall–Kier alpha value is -5.38. The van der Waals surface area contributed by atoms with Gasteiger partial charge in [-0.05, 0) is 47.9 Å². The summed E-state index contributed by atoms with van der Waals surface area (Å²) in [6.45, 7) is 7.84. The third kappa shape index (κ3) is 11.1. The first-order valence-corrected chi connectivity index (χ1v) is 16.7. The maximum atomic E-state index is 13.8. The summed E-state index contributed by atoms with van der Waals surface area (Å²) in [7, 11) is 0. The molecule has 4 aromatic rings. The molecule has 0 aliphatic rings. The molecule has 0 bridgehead atoms. The Morgan fingerprint density at radius 1 is 0.592 bits per heavy atom. The van der Waals surface area contributed by atoms with Gasteiger partial charge >= 0.3 is 0 Å². The number of Topliss-reactive ketones (excluding diaryl/α,β-unsaturated/α-hetero) is 1. The van der Waals surface area contributed by atoms with Crippen molar-refractivity contribution in [3.63, 3.8) is 0 Å². The summed E-state index contributed by atoms with van der Waals surface area (Å²) in [6, 6.07) is 25.9. The Kier molecular flexibility index (Phi) is 13.2. The molecule has 0 aliphatic carbocycles. The molecular formula is C39H45N5O5. The predicted molar refractivity (Wildman–Crippen MR) is 189 cm³/mol. The van der Waals surface area contributed by atoms with E-state index < -0.39 is 47.5 Å². The van der Waals surface area contributed by atoms with Crippen LogP contribution in [0.3, 0.4) is 0 Å². The normalized spacial score (nSPS) is 12.9. The van der Waals surface area contributed by atoms with Crippen LogP contribution in [0.15, 0.2) is 97.1 Å². The zero-order valence-electron chi connectivity index (χ0n) is 28.4. The number of nitrogens with one attached hydrogen (secondary N) is 4. The van der Waals surface area contributed by atoms with E-state index in [9.17, 15) is 24.0 Å². The third-order valence-corrected chi connectivity index (χ3v) is 7.94. The number of aromatic nitrogens is 1. The van der Waals surface area contributed by atoms with Crippen LogP contribution in [0, 0.1) is 11.8 Å². The summed E-state index contributed by atoms with van der Waals surface area (Å²) in [5.74, 6) is -3.22. The maximum absolute atomic E-state index is 13.8. The van der Waals surface area contributed by atoms with Crippen LogP contribution >= 0.6 is 0 Å². The topological polar surface area (TPSA) is 146 Å². The van der Waals surface area contributed by atoms with Gasteiger partial charge in [0.1, 0.15) is 23.8 Å². The standard InChI is InChI=1S/C39H45N5O5/c1-25(2)21-33(44-38(48)34(22-26(3)4)43-36(46)31-20-19-29-17-11-12-18-30(29)41-31)37(47)42-32(23-27-13-7-5-8-14-27)35(45)39(49)40-24-28-15-9-6-10-16-28/h5-20,25-26,32-34H,21-24H2,1-4H3,(H,40,49)(H,42,47)(H,43,46)(H,44,48)/t32-,33-,34-/m0/s1. The number of nitrogens with zero attached hydrogens (tertiary/aromatic N) is 1. The first-order chi connectivity index (χ1) is 23.5. The quantitative estimate of drug-likeness (QED) is 0.130. The summed E-state index contributed by atoms with van der Waals surface area (Å²) in [5, 5.41) is 11.9. The highest BCUT2D eigenvalue weighted by molar-refractivity contribution is 6.38. The van der Waals surface area contributed by atoms with Crippen molar-refractivity contribution in [3.8, 4) is 0 Å². The summed E-state index contributed by atoms with van der Waals surface area (Å²) in [4.78, 5) is 71.8. The fraction of sp³-hybridized carbons (Fsp3) is 0.333.